The average Bonchev–Trinajstić information content (AvgIpc) is 3.51. The quantitative estimate of drug-likeness (QED) is 0.572. The van der Waals surface area contributed by atoms with Crippen molar-refractivity contribution in [1.82, 2.24) is 14.5 Å². The van der Waals surface area contributed by atoms with Gasteiger partial charge in [0.25, 0.3) is 0 Å². The molecule has 0 aromatic carbocycles. The number of aromatic nitrogens is 2. The summed E-state index contributed by atoms with van der Waals surface area (Å²) >= 11 is 0. The molecular weight excluding hydrogens is 358 g/mol. The van der Waals surface area contributed by atoms with E-state index in [4.69, 9.17) is 0 Å². The molecule has 27 heavy (non-hydrogen) atoms. The molecule has 0 amide bonds. The smallest absolute Gasteiger partial charge is 0.227 e. The molecule has 5 nitrogen and oxygen atoms in total. The second kappa shape index (κ2) is 7.86. The van der Waals surface area contributed by atoms with Gasteiger partial charge in [-0.05, 0) is 69.7 Å². The second-order valence-corrected chi connectivity index (χ2v) is 11.1. The molecule has 1 heterocycles. The van der Waals surface area contributed by atoms with Crippen LogP contribution < -0.4 is 0 Å². The van der Waals surface area contributed by atoms with Crippen molar-refractivity contribution >= 4 is 9.84 Å². The molecule has 1 aromatic rings. The molecule has 3 aliphatic carbocycles. The van der Waals surface area contributed by atoms with Crippen LogP contribution >= 0.6 is 0 Å². The van der Waals surface area contributed by atoms with Gasteiger partial charge in [-0.3, -0.25) is 4.90 Å². The van der Waals surface area contributed by atoms with E-state index in [0.29, 0.717) is 17.1 Å². The van der Waals surface area contributed by atoms with Gasteiger partial charge in [-0.25, -0.2) is 13.4 Å². The van der Waals surface area contributed by atoms with Crippen molar-refractivity contribution in [1.29, 1.82) is 0 Å². The molecular formula is C21H35N3O2S. The summed E-state index contributed by atoms with van der Waals surface area (Å²) in [6.45, 7) is 3.73. The van der Waals surface area contributed by atoms with Gasteiger partial charge in [-0.1, -0.05) is 19.8 Å². The summed E-state index contributed by atoms with van der Waals surface area (Å²) in [4.78, 5) is 6.92. The van der Waals surface area contributed by atoms with Crippen molar-refractivity contribution in [2.75, 3.05) is 12.8 Å². The lowest BCUT2D eigenvalue weighted by Crippen LogP contribution is -2.35. The van der Waals surface area contributed by atoms with Gasteiger partial charge in [0.15, 0.2) is 0 Å². The molecule has 3 aliphatic rings. The molecule has 4 rings (SSSR count). The van der Waals surface area contributed by atoms with Crippen molar-refractivity contribution < 1.29 is 8.42 Å². The highest BCUT2D eigenvalue weighted by Crippen LogP contribution is 2.47. The van der Waals surface area contributed by atoms with Gasteiger partial charge >= 0.3 is 0 Å². The zero-order valence-electron chi connectivity index (χ0n) is 16.9. The average molecular weight is 394 g/mol. The van der Waals surface area contributed by atoms with Crippen LogP contribution in [-0.4, -0.2) is 41.7 Å². The number of unbranched alkanes of at least 4 members (excludes halogenated alkanes) is 1. The van der Waals surface area contributed by atoms with E-state index in [1.165, 1.54) is 32.1 Å². The van der Waals surface area contributed by atoms with E-state index >= 15 is 0 Å². The summed E-state index contributed by atoms with van der Waals surface area (Å²) < 4.78 is 28.0. The molecule has 1 aromatic heterocycles. The van der Waals surface area contributed by atoms with Gasteiger partial charge in [-0.15, -0.1) is 0 Å². The summed E-state index contributed by atoms with van der Waals surface area (Å²) in [6.07, 6.45) is 12.6. The van der Waals surface area contributed by atoms with Crippen molar-refractivity contribution in [2.24, 2.45) is 17.8 Å². The summed E-state index contributed by atoms with van der Waals surface area (Å²) in [7, 11) is -1.07. The number of hydrogen-bond donors (Lipinski definition) is 0. The van der Waals surface area contributed by atoms with Crippen LogP contribution in [0.15, 0.2) is 11.4 Å². The number of hydrogen-bond acceptors (Lipinski definition) is 4. The van der Waals surface area contributed by atoms with Crippen molar-refractivity contribution in [3.8, 4) is 0 Å². The number of nitrogens with zero attached hydrogens (tertiary/aromatic N) is 3. The minimum absolute atomic E-state index is 0.276. The maximum Gasteiger partial charge on any atom is 0.227 e. The van der Waals surface area contributed by atoms with Gasteiger partial charge < -0.3 is 4.57 Å². The first kappa shape index (κ1) is 19.4. The van der Waals surface area contributed by atoms with E-state index in [-0.39, 0.29) is 5.75 Å². The van der Waals surface area contributed by atoms with Gasteiger partial charge in [0.1, 0.15) is 0 Å². The Balaban J connectivity index is 1.53. The van der Waals surface area contributed by atoms with Crippen LogP contribution in [0, 0.1) is 17.8 Å². The summed E-state index contributed by atoms with van der Waals surface area (Å²) in [5.41, 5.74) is 1.07. The summed E-state index contributed by atoms with van der Waals surface area (Å²) in [6, 6.07) is 0.676. The first-order valence-electron chi connectivity index (χ1n) is 11.0. The van der Waals surface area contributed by atoms with Crippen LogP contribution in [0.1, 0.15) is 70.4 Å². The highest BCUT2D eigenvalue weighted by atomic mass is 32.2. The van der Waals surface area contributed by atoms with Crippen molar-refractivity contribution in [3.63, 3.8) is 0 Å². The Morgan fingerprint density at radius 3 is 2.37 bits per heavy atom. The lowest BCUT2D eigenvalue weighted by atomic mass is 9.87. The molecule has 0 unspecified atom stereocenters. The summed E-state index contributed by atoms with van der Waals surface area (Å²) in [5, 5.41) is 0.320. The first-order chi connectivity index (χ1) is 13.0. The molecule has 3 fully saturated rings. The Bertz CT molecular complexity index is 733. The van der Waals surface area contributed by atoms with Crippen LogP contribution in [0.3, 0.4) is 0 Å². The van der Waals surface area contributed by atoms with Gasteiger partial charge in [0.2, 0.25) is 15.0 Å². The number of rotatable bonds is 11. The van der Waals surface area contributed by atoms with E-state index in [1.54, 1.807) is 0 Å². The fraction of sp³-hybridized carbons (Fsp3) is 0.857. The maximum absolute atomic E-state index is 13.0. The topological polar surface area (TPSA) is 55.2 Å². The molecule has 0 saturated heterocycles. The monoisotopic (exact) mass is 393 g/mol. The van der Waals surface area contributed by atoms with Gasteiger partial charge in [0.05, 0.1) is 17.6 Å². The molecule has 0 bridgehead atoms. The van der Waals surface area contributed by atoms with Crippen molar-refractivity contribution in [3.05, 3.63) is 11.9 Å². The largest absolute Gasteiger partial charge is 0.318 e. The van der Waals surface area contributed by atoms with E-state index in [2.05, 4.69) is 23.9 Å². The number of imidazole rings is 1. The lowest BCUT2D eigenvalue weighted by molar-refractivity contribution is 0.182. The standard InChI is InChI=1S/C21H35N3O2S/c1-3-4-12-24-19(14-23(2)20(17-8-9-17)18-10-11-18)13-22-21(24)27(25,26)15-16-6-5-7-16/h13,16-18,20H,3-12,14-15H2,1-2H3. The third-order valence-electron chi connectivity index (χ3n) is 6.73. The van der Waals surface area contributed by atoms with Crippen molar-refractivity contribution in [2.45, 2.75) is 89.0 Å². The zero-order valence-corrected chi connectivity index (χ0v) is 17.8. The Labute approximate surface area is 164 Å². The summed E-state index contributed by atoms with van der Waals surface area (Å²) in [5.74, 6) is 2.33. The van der Waals surface area contributed by atoms with Gasteiger partial charge in [0, 0.05) is 19.1 Å². The Kier molecular flexibility index (Phi) is 5.66. The van der Waals surface area contributed by atoms with Crippen LogP contribution in [0.5, 0.6) is 0 Å². The van der Waals surface area contributed by atoms with Crippen LogP contribution in [-0.2, 0) is 22.9 Å². The SMILES string of the molecule is CCCCn1c(CN(C)C(C2CC2)C2CC2)cnc1S(=O)(=O)CC1CCC1. The molecule has 6 heteroatoms. The molecule has 0 aliphatic heterocycles. The van der Waals surface area contributed by atoms with E-state index < -0.39 is 9.84 Å². The minimum atomic E-state index is -3.29. The highest BCUT2D eigenvalue weighted by molar-refractivity contribution is 7.91. The fourth-order valence-corrected chi connectivity index (χ4v) is 6.57. The molecule has 0 atom stereocenters. The van der Waals surface area contributed by atoms with Crippen LogP contribution in [0.4, 0.5) is 0 Å². The predicted octanol–water partition coefficient (Wildman–Crippen LogP) is 3.88. The van der Waals surface area contributed by atoms with E-state index in [9.17, 15) is 8.42 Å². The molecule has 0 N–H and O–H groups in total. The Morgan fingerprint density at radius 2 is 1.85 bits per heavy atom. The van der Waals surface area contributed by atoms with Gasteiger partial charge in [-0.2, -0.15) is 0 Å². The predicted molar refractivity (Wildman–Crippen MR) is 107 cm³/mol. The normalized spacial score (nSPS) is 21.2. The number of sulfone groups is 1. The van der Waals surface area contributed by atoms with Crippen LogP contribution in [0.2, 0.25) is 0 Å². The maximum atomic E-state index is 13.0. The third-order valence-corrected chi connectivity index (χ3v) is 8.52. The molecule has 0 spiro atoms. The van der Waals surface area contributed by atoms with E-state index in [0.717, 1.165) is 56.3 Å². The molecule has 152 valence electrons. The minimum Gasteiger partial charge on any atom is -0.318 e. The van der Waals surface area contributed by atoms with E-state index in [1.807, 2.05) is 10.8 Å². The Hall–Kier alpha value is -0.880. The second-order valence-electron chi connectivity index (χ2n) is 9.20. The molecule has 0 radical (unpaired) electrons. The highest BCUT2D eigenvalue weighted by Gasteiger charge is 2.43. The first-order valence-corrected chi connectivity index (χ1v) is 12.6. The Morgan fingerprint density at radius 1 is 1.19 bits per heavy atom. The molecule has 3 saturated carbocycles. The lowest BCUT2D eigenvalue weighted by Gasteiger charge is -2.29. The fourth-order valence-electron chi connectivity index (χ4n) is 4.71. The van der Waals surface area contributed by atoms with Crippen LogP contribution in [0.25, 0.3) is 0 Å². The third kappa shape index (κ3) is 4.42. The zero-order chi connectivity index (χ0) is 19.0.